The van der Waals surface area contributed by atoms with Crippen LogP contribution in [0.1, 0.15) is 25.0 Å². The smallest absolute Gasteiger partial charge is 0.308 e. The van der Waals surface area contributed by atoms with Gasteiger partial charge in [-0.1, -0.05) is 30.3 Å². The fourth-order valence-electron chi connectivity index (χ4n) is 1.99. The summed E-state index contributed by atoms with van der Waals surface area (Å²) in [7, 11) is 0. The Morgan fingerprint density at radius 2 is 1.54 bits per heavy atom. The van der Waals surface area contributed by atoms with Crippen molar-refractivity contribution in [3.8, 4) is 11.5 Å². The summed E-state index contributed by atoms with van der Waals surface area (Å²) >= 11 is 0. The molecule has 0 aliphatic heterocycles. The Labute approximate surface area is 140 Å². The average Bonchev–Trinajstić information content (AvgIpc) is 2.53. The van der Waals surface area contributed by atoms with Crippen molar-refractivity contribution >= 4 is 18.2 Å². The van der Waals surface area contributed by atoms with Gasteiger partial charge < -0.3 is 14.9 Å². The Kier molecular flexibility index (Phi) is 6.08. The molecular formula is C18H18N2O4. The van der Waals surface area contributed by atoms with E-state index in [-0.39, 0.29) is 11.9 Å². The maximum Gasteiger partial charge on any atom is 0.308 e. The lowest BCUT2D eigenvalue weighted by Crippen LogP contribution is -2.10. The molecule has 2 aromatic carbocycles. The predicted molar refractivity (Wildman–Crippen MR) is 89.9 cm³/mol. The van der Waals surface area contributed by atoms with E-state index in [0.29, 0.717) is 23.6 Å². The van der Waals surface area contributed by atoms with E-state index >= 15 is 0 Å². The third kappa shape index (κ3) is 5.24. The van der Waals surface area contributed by atoms with Gasteiger partial charge in [0.05, 0.1) is 12.8 Å². The first-order chi connectivity index (χ1) is 11.6. The molecule has 0 aliphatic rings. The first kappa shape index (κ1) is 17.2. The number of nitrogens with zero attached hydrogens (tertiary/aromatic N) is 1. The van der Waals surface area contributed by atoms with Gasteiger partial charge in [-0.25, -0.2) is 0 Å². The molecule has 0 aromatic heterocycles. The van der Waals surface area contributed by atoms with Gasteiger partial charge in [-0.2, -0.15) is 5.10 Å². The topological polar surface area (TPSA) is 77.0 Å². The van der Waals surface area contributed by atoms with Crippen LogP contribution in [0, 0.1) is 0 Å². The number of para-hydroxylation sites is 2. The minimum absolute atomic E-state index is 0.374. The largest absolute Gasteiger partial charge is 0.426 e. The third-order valence-corrected chi connectivity index (χ3v) is 2.96. The summed E-state index contributed by atoms with van der Waals surface area (Å²) in [5, 5.41) is 4.12. The molecule has 0 unspecified atom stereocenters. The van der Waals surface area contributed by atoms with Crippen LogP contribution < -0.4 is 14.9 Å². The second-order valence-corrected chi connectivity index (χ2v) is 4.93. The Bertz CT molecular complexity index is 756. The molecule has 1 N–H and O–H groups in total. The van der Waals surface area contributed by atoms with E-state index in [9.17, 15) is 9.59 Å². The number of carbonyl (C=O) groups is 2. The van der Waals surface area contributed by atoms with Crippen molar-refractivity contribution in [2.75, 3.05) is 0 Å². The van der Waals surface area contributed by atoms with Crippen LogP contribution in [-0.4, -0.2) is 18.2 Å². The number of rotatable bonds is 6. The van der Waals surface area contributed by atoms with Crippen molar-refractivity contribution in [3.05, 3.63) is 59.7 Å². The van der Waals surface area contributed by atoms with E-state index in [0.717, 1.165) is 5.56 Å². The minimum atomic E-state index is -0.390. The molecule has 0 saturated heterocycles. The highest BCUT2D eigenvalue weighted by Gasteiger charge is 2.05. The zero-order valence-electron chi connectivity index (χ0n) is 13.5. The molecular weight excluding hydrogens is 308 g/mol. The average molecular weight is 326 g/mol. The highest BCUT2D eigenvalue weighted by atomic mass is 16.5. The molecule has 0 aliphatic carbocycles. The minimum Gasteiger partial charge on any atom is -0.426 e. The SMILES string of the molecule is CC(=O)Oc1ccccc1/C=N/NCc1ccccc1OC(C)=O. The summed E-state index contributed by atoms with van der Waals surface area (Å²) in [6, 6.07) is 14.3. The number of hydrazone groups is 1. The van der Waals surface area contributed by atoms with E-state index in [1.165, 1.54) is 13.8 Å². The predicted octanol–water partition coefficient (Wildman–Crippen LogP) is 2.66. The molecule has 6 nitrogen and oxygen atoms in total. The standard InChI is InChI=1S/C18H18N2O4/c1-13(21)23-17-9-5-3-7-15(17)11-19-20-12-16-8-4-6-10-18(16)24-14(2)22/h3-11,20H,12H2,1-2H3/b19-11+. The Morgan fingerprint density at radius 3 is 2.25 bits per heavy atom. The zero-order valence-corrected chi connectivity index (χ0v) is 13.5. The van der Waals surface area contributed by atoms with Gasteiger partial charge in [0, 0.05) is 25.0 Å². The van der Waals surface area contributed by atoms with Crippen LogP contribution in [0.2, 0.25) is 0 Å². The monoisotopic (exact) mass is 326 g/mol. The van der Waals surface area contributed by atoms with Crippen molar-refractivity contribution in [3.63, 3.8) is 0 Å². The number of carbonyl (C=O) groups excluding carboxylic acids is 2. The van der Waals surface area contributed by atoms with Crippen LogP contribution >= 0.6 is 0 Å². The zero-order chi connectivity index (χ0) is 17.4. The van der Waals surface area contributed by atoms with Gasteiger partial charge >= 0.3 is 11.9 Å². The molecule has 124 valence electrons. The van der Waals surface area contributed by atoms with Crippen molar-refractivity contribution in [2.45, 2.75) is 20.4 Å². The Balaban J connectivity index is 2.01. The molecule has 24 heavy (non-hydrogen) atoms. The summed E-state index contributed by atoms with van der Waals surface area (Å²) in [5.74, 6) is 0.171. The van der Waals surface area contributed by atoms with Gasteiger partial charge in [-0.3, -0.25) is 9.59 Å². The number of esters is 2. The van der Waals surface area contributed by atoms with Crippen LogP contribution in [0.5, 0.6) is 11.5 Å². The normalized spacial score (nSPS) is 10.4. The maximum absolute atomic E-state index is 11.1. The van der Waals surface area contributed by atoms with E-state index in [2.05, 4.69) is 10.5 Å². The number of hydrogen-bond acceptors (Lipinski definition) is 6. The lowest BCUT2D eigenvalue weighted by atomic mass is 10.2. The maximum atomic E-state index is 11.1. The van der Waals surface area contributed by atoms with E-state index in [4.69, 9.17) is 9.47 Å². The fourth-order valence-corrected chi connectivity index (χ4v) is 1.99. The molecule has 0 spiro atoms. The summed E-state index contributed by atoms with van der Waals surface area (Å²) in [6.45, 7) is 3.09. The second kappa shape index (κ2) is 8.47. The first-order valence-electron chi connectivity index (χ1n) is 7.36. The summed E-state index contributed by atoms with van der Waals surface area (Å²) in [5.41, 5.74) is 4.36. The third-order valence-electron chi connectivity index (χ3n) is 2.96. The van der Waals surface area contributed by atoms with Crippen molar-refractivity contribution < 1.29 is 19.1 Å². The second-order valence-electron chi connectivity index (χ2n) is 4.93. The quantitative estimate of drug-likeness (QED) is 0.382. The van der Waals surface area contributed by atoms with Crippen molar-refractivity contribution in [1.29, 1.82) is 0 Å². The van der Waals surface area contributed by atoms with Crippen LogP contribution in [0.4, 0.5) is 0 Å². The Morgan fingerprint density at radius 1 is 0.958 bits per heavy atom. The van der Waals surface area contributed by atoms with Gasteiger partial charge in [-0.05, 0) is 18.2 Å². The number of ether oxygens (including phenoxy) is 2. The molecule has 0 atom stereocenters. The van der Waals surface area contributed by atoms with Crippen LogP contribution in [0.3, 0.4) is 0 Å². The van der Waals surface area contributed by atoms with Gasteiger partial charge in [0.25, 0.3) is 0 Å². The summed E-state index contributed by atoms with van der Waals surface area (Å²) in [6.07, 6.45) is 1.56. The van der Waals surface area contributed by atoms with Gasteiger partial charge in [-0.15, -0.1) is 0 Å². The molecule has 6 heteroatoms. The highest BCUT2D eigenvalue weighted by Crippen LogP contribution is 2.18. The molecule has 2 rings (SSSR count). The molecule has 0 radical (unpaired) electrons. The van der Waals surface area contributed by atoms with Crippen molar-refractivity contribution in [1.82, 2.24) is 5.43 Å². The summed E-state index contributed by atoms with van der Waals surface area (Å²) < 4.78 is 10.2. The summed E-state index contributed by atoms with van der Waals surface area (Å²) in [4.78, 5) is 22.2. The fraction of sp³-hybridized carbons (Fsp3) is 0.167. The molecule has 2 aromatic rings. The molecule has 0 heterocycles. The van der Waals surface area contributed by atoms with E-state index in [1.54, 1.807) is 36.5 Å². The van der Waals surface area contributed by atoms with Gasteiger partial charge in [0.2, 0.25) is 0 Å². The van der Waals surface area contributed by atoms with Crippen molar-refractivity contribution in [2.24, 2.45) is 5.10 Å². The highest BCUT2D eigenvalue weighted by molar-refractivity contribution is 5.85. The lowest BCUT2D eigenvalue weighted by molar-refractivity contribution is -0.132. The number of hydrogen-bond donors (Lipinski definition) is 1. The van der Waals surface area contributed by atoms with Crippen LogP contribution in [0.25, 0.3) is 0 Å². The molecule has 0 saturated carbocycles. The van der Waals surface area contributed by atoms with E-state index in [1.807, 2.05) is 18.2 Å². The van der Waals surface area contributed by atoms with Crippen LogP contribution in [0.15, 0.2) is 53.6 Å². The Hall–Kier alpha value is -3.15. The van der Waals surface area contributed by atoms with Crippen LogP contribution in [-0.2, 0) is 16.1 Å². The van der Waals surface area contributed by atoms with Gasteiger partial charge in [0.15, 0.2) is 0 Å². The number of nitrogens with one attached hydrogen (secondary N) is 1. The number of benzene rings is 2. The van der Waals surface area contributed by atoms with E-state index < -0.39 is 0 Å². The molecule has 0 amide bonds. The first-order valence-corrected chi connectivity index (χ1v) is 7.36. The molecule has 0 fully saturated rings. The molecule has 0 bridgehead atoms. The van der Waals surface area contributed by atoms with Gasteiger partial charge in [0.1, 0.15) is 11.5 Å². The lowest BCUT2D eigenvalue weighted by Gasteiger charge is -2.08.